The van der Waals surface area contributed by atoms with Crippen LogP contribution in [-0.4, -0.2) is 6.29 Å². The molecule has 7 heteroatoms. The van der Waals surface area contributed by atoms with E-state index in [1.165, 1.54) is 6.07 Å². The monoisotopic (exact) mass is 204 g/mol. The molecule has 0 aliphatic rings. The Labute approximate surface area is 73.4 Å². The minimum atomic E-state index is -4.96. The van der Waals surface area contributed by atoms with Gasteiger partial charge >= 0.3 is 0 Å². The molecule has 13 heavy (non-hydrogen) atoms. The van der Waals surface area contributed by atoms with E-state index in [9.17, 15) is 19.1 Å². The summed E-state index contributed by atoms with van der Waals surface area (Å²) >= 11 is 0. The molecule has 0 radical (unpaired) electrons. The highest BCUT2D eigenvalue weighted by Gasteiger charge is 2.01. The summed E-state index contributed by atoms with van der Waals surface area (Å²) < 4.78 is 18.6. The van der Waals surface area contributed by atoms with Crippen LogP contribution >= 0.6 is 7.82 Å². The van der Waals surface area contributed by atoms with Crippen LogP contribution in [0.1, 0.15) is 16.1 Å². The summed E-state index contributed by atoms with van der Waals surface area (Å²) in [6.45, 7) is -0.415. The molecule has 0 saturated carbocycles. The largest absolute Gasteiger partial charge is 0.790 e. The van der Waals surface area contributed by atoms with Gasteiger partial charge in [-0.05, 0) is 6.07 Å². The second-order valence-corrected chi connectivity index (χ2v) is 3.35. The van der Waals surface area contributed by atoms with Gasteiger partial charge in [0.15, 0.2) is 12.0 Å². The van der Waals surface area contributed by atoms with Crippen LogP contribution < -0.4 is 9.79 Å². The summed E-state index contributed by atoms with van der Waals surface area (Å²) in [5.74, 6) is 0.0465. The van der Waals surface area contributed by atoms with Crippen molar-refractivity contribution in [2.24, 2.45) is 0 Å². The van der Waals surface area contributed by atoms with Crippen molar-refractivity contribution in [3.05, 3.63) is 23.7 Å². The van der Waals surface area contributed by atoms with Gasteiger partial charge in [-0.15, -0.1) is 0 Å². The highest BCUT2D eigenvalue weighted by atomic mass is 31.2. The first kappa shape index (κ1) is 10.1. The average molecular weight is 204 g/mol. The van der Waals surface area contributed by atoms with E-state index >= 15 is 0 Å². The van der Waals surface area contributed by atoms with Crippen molar-refractivity contribution >= 4 is 14.1 Å². The van der Waals surface area contributed by atoms with Gasteiger partial charge in [0.1, 0.15) is 0 Å². The molecule has 0 aromatic carbocycles. The van der Waals surface area contributed by atoms with Crippen molar-refractivity contribution in [2.45, 2.75) is 6.61 Å². The van der Waals surface area contributed by atoms with Gasteiger partial charge in [-0.3, -0.25) is 4.79 Å². The Hall–Kier alpha value is -0.940. The smallest absolute Gasteiger partial charge is 0.185 e. The first-order valence-corrected chi connectivity index (χ1v) is 4.66. The maximum atomic E-state index is 10.1. The van der Waals surface area contributed by atoms with Crippen LogP contribution in [0.25, 0.3) is 0 Å². The molecule has 1 rings (SSSR count). The fourth-order valence-electron chi connectivity index (χ4n) is 0.686. The average Bonchev–Trinajstić information content (AvgIpc) is 2.47. The Morgan fingerprint density at radius 2 is 2.31 bits per heavy atom. The fraction of sp³-hybridized carbons (Fsp3) is 0.167. The van der Waals surface area contributed by atoms with Gasteiger partial charge in [0, 0.05) is 5.56 Å². The third-order valence-corrected chi connectivity index (χ3v) is 1.62. The van der Waals surface area contributed by atoms with Gasteiger partial charge in [0.25, 0.3) is 0 Å². The fourth-order valence-corrected chi connectivity index (χ4v) is 0.993. The Morgan fingerprint density at radius 1 is 1.62 bits per heavy atom. The zero-order valence-electron chi connectivity index (χ0n) is 6.34. The molecule has 0 unspecified atom stereocenters. The molecular weight excluding hydrogens is 199 g/mol. The highest BCUT2D eigenvalue weighted by Crippen LogP contribution is 2.26. The van der Waals surface area contributed by atoms with Gasteiger partial charge in [0.05, 0.1) is 20.7 Å². The van der Waals surface area contributed by atoms with Crippen LogP contribution in [0.3, 0.4) is 0 Å². The second kappa shape index (κ2) is 3.85. The number of phosphoric ester groups is 1. The Balaban J connectivity index is 2.55. The predicted molar refractivity (Wildman–Crippen MR) is 36.5 cm³/mol. The van der Waals surface area contributed by atoms with Crippen molar-refractivity contribution in [1.82, 2.24) is 0 Å². The Kier molecular flexibility index (Phi) is 3.00. The summed E-state index contributed by atoms with van der Waals surface area (Å²) in [4.78, 5) is 30.2. The summed E-state index contributed by atoms with van der Waals surface area (Å²) in [5, 5.41) is 0. The SMILES string of the molecule is O=Cc1cc(COP(=O)([O-])[O-])co1. The molecule has 0 aliphatic carbocycles. The van der Waals surface area contributed by atoms with Crippen molar-refractivity contribution in [3.63, 3.8) is 0 Å². The van der Waals surface area contributed by atoms with Crippen LogP contribution in [0.15, 0.2) is 16.7 Å². The second-order valence-electron chi connectivity index (χ2n) is 2.20. The predicted octanol–water partition coefficient (Wildman–Crippen LogP) is -0.563. The lowest BCUT2D eigenvalue weighted by Crippen LogP contribution is -2.15. The normalized spacial score (nSPS) is 11.5. The number of carbonyl (C=O) groups excluding carboxylic acids is 1. The molecule has 0 aliphatic heterocycles. The quantitative estimate of drug-likeness (QED) is 0.480. The van der Waals surface area contributed by atoms with Gasteiger partial charge in [-0.25, -0.2) is 0 Å². The van der Waals surface area contributed by atoms with E-state index in [2.05, 4.69) is 8.94 Å². The highest BCUT2D eigenvalue weighted by molar-refractivity contribution is 7.43. The van der Waals surface area contributed by atoms with Crippen LogP contribution in [0.2, 0.25) is 0 Å². The number of rotatable bonds is 4. The molecule has 6 nitrogen and oxygen atoms in total. The van der Waals surface area contributed by atoms with E-state index in [1.807, 2.05) is 0 Å². The van der Waals surface area contributed by atoms with Crippen LogP contribution in [-0.2, 0) is 15.7 Å². The molecule has 0 fully saturated rings. The molecule has 72 valence electrons. The van der Waals surface area contributed by atoms with Gasteiger partial charge in [0.2, 0.25) is 0 Å². The first-order valence-electron chi connectivity index (χ1n) is 3.20. The summed E-state index contributed by atoms with van der Waals surface area (Å²) in [7, 11) is -4.96. The molecule has 1 aromatic rings. The standard InChI is InChI=1S/C6H7O6P/c7-2-6-1-5(3-11-6)4-12-13(8,9)10/h1-3H,4H2,(H2,8,9,10)/p-2. The minimum absolute atomic E-state index is 0.0465. The first-order chi connectivity index (χ1) is 6.01. The molecule has 0 atom stereocenters. The van der Waals surface area contributed by atoms with Crippen LogP contribution in [0.4, 0.5) is 0 Å². The number of hydrogen-bond acceptors (Lipinski definition) is 6. The lowest BCUT2D eigenvalue weighted by molar-refractivity contribution is -0.342. The molecule has 1 aromatic heterocycles. The lowest BCUT2D eigenvalue weighted by atomic mass is 10.3. The topological polar surface area (TPSA) is 103 Å². The molecule has 0 amide bonds. The van der Waals surface area contributed by atoms with Crippen molar-refractivity contribution in [3.8, 4) is 0 Å². The van der Waals surface area contributed by atoms with E-state index in [4.69, 9.17) is 0 Å². The van der Waals surface area contributed by atoms with Gasteiger partial charge in [-0.2, -0.15) is 0 Å². The molecule has 0 saturated heterocycles. The number of carbonyl (C=O) groups is 1. The van der Waals surface area contributed by atoms with Gasteiger partial charge in [-0.1, -0.05) is 0 Å². The number of hydrogen-bond donors (Lipinski definition) is 0. The third kappa shape index (κ3) is 3.52. The van der Waals surface area contributed by atoms with E-state index in [0.29, 0.717) is 11.8 Å². The third-order valence-electron chi connectivity index (χ3n) is 1.18. The van der Waals surface area contributed by atoms with Crippen LogP contribution in [0, 0.1) is 0 Å². The minimum Gasteiger partial charge on any atom is -0.790 e. The molecule has 0 bridgehead atoms. The molecule has 0 N–H and O–H groups in total. The van der Waals surface area contributed by atoms with Gasteiger partial charge < -0.3 is 23.3 Å². The summed E-state index contributed by atoms with van der Waals surface area (Å²) in [6, 6.07) is 1.28. The molecule has 1 heterocycles. The summed E-state index contributed by atoms with van der Waals surface area (Å²) in [6.07, 6.45) is 1.59. The number of furan rings is 1. The van der Waals surface area contributed by atoms with E-state index < -0.39 is 14.4 Å². The maximum absolute atomic E-state index is 10.1. The maximum Gasteiger partial charge on any atom is 0.185 e. The Morgan fingerprint density at radius 3 is 2.77 bits per heavy atom. The van der Waals surface area contributed by atoms with E-state index in [-0.39, 0.29) is 5.76 Å². The van der Waals surface area contributed by atoms with Crippen molar-refractivity contribution < 1.29 is 28.1 Å². The molecule has 0 spiro atoms. The summed E-state index contributed by atoms with van der Waals surface area (Å²) in [5.41, 5.74) is 0.314. The van der Waals surface area contributed by atoms with E-state index in [0.717, 1.165) is 6.26 Å². The zero-order chi connectivity index (χ0) is 9.90. The van der Waals surface area contributed by atoms with E-state index in [1.54, 1.807) is 0 Å². The number of phosphoric acid groups is 1. The lowest BCUT2D eigenvalue weighted by Gasteiger charge is -2.28. The van der Waals surface area contributed by atoms with Crippen LogP contribution in [0.5, 0.6) is 0 Å². The number of aldehydes is 1. The van der Waals surface area contributed by atoms with Crippen molar-refractivity contribution in [2.75, 3.05) is 0 Å². The molecular formula is C6H5O6P-2. The van der Waals surface area contributed by atoms with Crippen molar-refractivity contribution in [1.29, 1.82) is 0 Å². The Bertz CT molecular complexity index is 337. The zero-order valence-corrected chi connectivity index (χ0v) is 7.23.